The van der Waals surface area contributed by atoms with Gasteiger partial charge in [-0.15, -0.1) is 0 Å². The van der Waals surface area contributed by atoms with E-state index in [1.165, 1.54) is 16.9 Å². The van der Waals surface area contributed by atoms with Crippen LogP contribution in [0.2, 0.25) is 0 Å². The van der Waals surface area contributed by atoms with E-state index in [4.69, 9.17) is 4.15 Å². The van der Waals surface area contributed by atoms with Crippen molar-refractivity contribution in [1.82, 2.24) is 0 Å². The van der Waals surface area contributed by atoms with E-state index in [2.05, 4.69) is 40.8 Å². The molecule has 0 spiro atoms. The van der Waals surface area contributed by atoms with Gasteiger partial charge in [-0.3, -0.25) is 0 Å². The van der Waals surface area contributed by atoms with Crippen LogP contribution in [0.3, 0.4) is 0 Å². The van der Waals surface area contributed by atoms with E-state index in [9.17, 15) is 8.78 Å². The highest BCUT2D eigenvalue weighted by atomic mass is 33.1. The Balaban J connectivity index is 1.81. The first-order valence-corrected chi connectivity index (χ1v) is 13.8. The molecular weight excluding hydrogens is 449 g/mol. The molecule has 4 aromatic carbocycles. The molecule has 4 aromatic rings. The second kappa shape index (κ2) is 8.54. The minimum Gasteiger partial charge on any atom is -0.207 e. The van der Waals surface area contributed by atoms with Crippen LogP contribution in [0.1, 0.15) is 0 Å². The molecule has 5 rings (SSSR count). The Kier molecular flexibility index (Phi) is 5.61. The number of halogens is 2. The summed E-state index contributed by atoms with van der Waals surface area (Å²) in [6, 6.07) is 32.8. The SMILES string of the molecule is Fc1cc(F)c2c(c1)N=S(N=P(c1ccccc1)(c1ccccc1)c1ccccc1)S2. The number of nitrogens with zero attached hydrogens (tertiary/aromatic N) is 2. The average Bonchev–Trinajstić information content (AvgIpc) is 3.22. The van der Waals surface area contributed by atoms with Crippen molar-refractivity contribution < 1.29 is 8.78 Å². The molecule has 154 valence electrons. The van der Waals surface area contributed by atoms with Crippen molar-refractivity contribution in [3.05, 3.63) is 115 Å². The van der Waals surface area contributed by atoms with Crippen LogP contribution in [0.4, 0.5) is 14.5 Å². The Hall–Kier alpha value is -2.53. The van der Waals surface area contributed by atoms with Crippen LogP contribution in [0, 0.1) is 11.6 Å². The van der Waals surface area contributed by atoms with Gasteiger partial charge in [0.1, 0.15) is 11.6 Å². The Morgan fingerprint density at radius 2 is 1.19 bits per heavy atom. The van der Waals surface area contributed by atoms with Crippen LogP contribution in [-0.4, -0.2) is 0 Å². The summed E-state index contributed by atoms with van der Waals surface area (Å²) in [5.74, 6) is -1.21. The molecule has 0 radical (unpaired) electrons. The van der Waals surface area contributed by atoms with Crippen LogP contribution in [0.25, 0.3) is 0 Å². The number of hydrogen-bond donors (Lipinski definition) is 0. The average molecular weight is 467 g/mol. The molecule has 0 bridgehead atoms. The maximum Gasteiger partial charge on any atom is 0.142 e. The first kappa shape index (κ1) is 20.4. The maximum absolute atomic E-state index is 14.4. The minimum atomic E-state index is -2.45. The third kappa shape index (κ3) is 3.80. The molecule has 1 aliphatic heterocycles. The summed E-state index contributed by atoms with van der Waals surface area (Å²) in [6.45, 7) is 0. The molecule has 0 amide bonds. The summed E-state index contributed by atoms with van der Waals surface area (Å²) in [5.41, 5.74) is 0.335. The van der Waals surface area contributed by atoms with Crippen molar-refractivity contribution in [2.45, 2.75) is 4.90 Å². The van der Waals surface area contributed by atoms with Crippen LogP contribution in [0.15, 0.2) is 117 Å². The third-order valence-corrected chi connectivity index (χ3v) is 12.4. The number of benzene rings is 4. The Morgan fingerprint density at radius 3 is 1.68 bits per heavy atom. The lowest BCUT2D eigenvalue weighted by Crippen LogP contribution is -2.25. The monoisotopic (exact) mass is 466 g/mol. The Morgan fingerprint density at radius 1 is 0.710 bits per heavy atom. The third-order valence-electron chi connectivity index (χ3n) is 4.90. The summed E-state index contributed by atoms with van der Waals surface area (Å²) < 4.78 is 38.1. The first-order chi connectivity index (χ1) is 15.2. The molecule has 0 fully saturated rings. The van der Waals surface area contributed by atoms with Gasteiger partial charge in [0.2, 0.25) is 0 Å². The van der Waals surface area contributed by atoms with E-state index in [-0.39, 0.29) is 0 Å². The fourth-order valence-electron chi connectivity index (χ4n) is 3.53. The largest absolute Gasteiger partial charge is 0.207 e. The zero-order valence-corrected chi connectivity index (χ0v) is 18.8. The van der Waals surface area contributed by atoms with E-state index < -0.39 is 28.6 Å². The molecule has 0 saturated carbocycles. The molecule has 0 aromatic heterocycles. The molecule has 2 nitrogen and oxygen atoms in total. The zero-order chi connectivity index (χ0) is 21.3. The highest BCUT2D eigenvalue weighted by Gasteiger charge is 2.30. The first-order valence-electron chi connectivity index (χ1n) is 9.60. The van der Waals surface area contributed by atoms with E-state index >= 15 is 0 Å². The topological polar surface area (TPSA) is 24.7 Å². The maximum atomic E-state index is 14.4. The van der Waals surface area contributed by atoms with Crippen LogP contribution >= 0.6 is 17.8 Å². The Labute approximate surface area is 186 Å². The summed E-state index contributed by atoms with van der Waals surface area (Å²) >= 11 is 0. The predicted octanol–water partition coefficient (Wildman–Crippen LogP) is 6.51. The van der Waals surface area contributed by atoms with Gasteiger partial charge in [-0.1, -0.05) is 91.0 Å². The van der Waals surface area contributed by atoms with E-state index in [1.807, 2.05) is 54.6 Å². The van der Waals surface area contributed by atoms with Crippen molar-refractivity contribution >= 4 is 49.4 Å². The summed E-state index contributed by atoms with van der Waals surface area (Å²) in [6.07, 6.45) is 0. The van der Waals surface area contributed by atoms with Crippen LogP contribution in [-0.2, 0) is 9.91 Å². The second-order valence-electron chi connectivity index (χ2n) is 6.86. The van der Waals surface area contributed by atoms with Gasteiger partial charge in [-0.05, 0) is 10.8 Å². The van der Waals surface area contributed by atoms with Crippen molar-refractivity contribution in [1.29, 1.82) is 0 Å². The van der Waals surface area contributed by atoms with E-state index in [1.54, 1.807) is 0 Å². The highest BCUT2D eigenvalue weighted by Crippen LogP contribution is 2.52. The van der Waals surface area contributed by atoms with Gasteiger partial charge in [0.15, 0.2) is 0 Å². The predicted molar refractivity (Wildman–Crippen MR) is 129 cm³/mol. The molecule has 1 aliphatic rings. The van der Waals surface area contributed by atoms with Gasteiger partial charge >= 0.3 is 0 Å². The van der Waals surface area contributed by atoms with Crippen molar-refractivity contribution in [2.24, 2.45) is 8.51 Å². The molecule has 7 heteroatoms. The quantitative estimate of drug-likeness (QED) is 0.249. The highest BCUT2D eigenvalue weighted by molar-refractivity contribution is 8.70. The number of hydrogen-bond acceptors (Lipinski definition) is 3. The smallest absolute Gasteiger partial charge is 0.142 e. The van der Waals surface area contributed by atoms with Gasteiger partial charge in [-0.2, -0.15) is 4.36 Å². The molecular formula is C24H17F2N2PS2. The summed E-state index contributed by atoms with van der Waals surface area (Å²) in [7, 11) is -2.09. The minimum absolute atomic E-state index is 0.335. The van der Waals surface area contributed by atoms with E-state index in [0.717, 1.165) is 22.0 Å². The molecule has 0 N–H and O–H groups in total. The zero-order valence-electron chi connectivity index (χ0n) is 16.2. The van der Waals surface area contributed by atoms with Gasteiger partial charge in [0.25, 0.3) is 0 Å². The summed E-state index contributed by atoms with van der Waals surface area (Å²) in [5, 5.41) is 3.29. The molecule has 0 aliphatic carbocycles. The van der Waals surface area contributed by atoms with Crippen LogP contribution < -0.4 is 15.9 Å². The molecule has 1 unspecified atom stereocenters. The molecule has 1 atom stereocenters. The Bertz CT molecular complexity index is 1220. The van der Waals surface area contributed by atoms with Gasteiger partial charge < -0.3 is 0 Å². The standard InChI is InChI=1S/C24H17F2N2PS2/c25-18-16-22(26)24-23(17-18)27-31(30-24)28-29(19-10-4-1-5-11-19,20-12-6-2-7-13-20)21-14-8-3-9-15-21/h1-17H. The molecule has 1 heterocycles. The second-order valence-corrected chi connectivity index (χ2v) is 13.0. The van der Waals surface area contributed by atoms with Crippen molar-refractivity contribution in [3.63, 3.8) is 0 Å². The fourth-order valence-corrected chi connectivity index (χ4v) is 11.9. The lowest BCUT2D eigenvalue weighted by atomic mass is 10.3. The van der Waals surface area contributed by atoms with Crippen LogP contribution in [0.5, 0.6) is 0 Å². The molecule has 31 heavy (non-hydrogen) atoms. The summed E-state index contributed by atoms with van der Waals surface area (Å²) in [4.78, 5) is 0.362. The van der Waals surface area contributed by atoms with Gasteiger partial charge in [0, 0.05) is 28.0 Å². The number of fused-ring (bicyclic) bond motifs is 1. The van der Waals surface area contributed by atoms with Gasteiger partial charge in [-0.25, -0.2) is 12.9 Å². The number of rotatable bonds is 4. The fraction of sp³-hybridized carbons (Fsp3) is 0. The molecule has 0 saturated heterocycles. The normalized spacial score (nSPS) is 15.2. The lowest BCUT2D eigenvalue weighted by molar-refractivity contribution is 0.567. The van der Waals surface area contributed by atoms with E-state index in [0.29, 0.717) is 10.6 Å². The van der Waals surface area contributed by atoms with Crippen molar-refractivity contribution in [3.8, 4) is 0 Å². The lowest BCUT2D eigenvalue weighted by Gasteiger charge is -2.26. The van der Waals surface area contributed by atoms with Gasteiger partial charge in [0.05, 0.1) is 27.5 Å². The van der Waals surface area contributed by atoms with Crippen molar-refractivity contribution in [2.75, 3.05) is 0 Å².